The molecule has 0 saturated heterocycles. The number of rotatable bonds is 3. The molecular weight excluding hydrogens is 274 g/mol. The molecule has 7 heteroatoms. The SMILES string of the molecule is O=C(O)c1cc([N+](=O)[O-])cnc1N1Cc2ccccc2C1. The van der Waals surface area contributed by atoms with Crippen LogP contribution in [-0.4, -0.2) is 21.0 Å². The van der Waals surface area contributed by atoms with E-state index < -0.39 is 10.9 Å². The molecule has 1 aliphatic heterocycles. The van der Waals surface area contributed by atoms with E-state index in [4.69, 9.17) is 0 Å². The molecule has 3 rings (SSSR count). The van der Waals surface area contributed by atoms with Crippen molar-refractivity contribution in [3.8, 4) is 0 Å². The van der Waals surface area contributed by atoms with Gasteiger partial charge in [-0.2, -0.15) is 0 Å². The van der Waals surface area contributed by atoms with Gasteiger partial charge in [-0.1, -0.05) is 24.3 Å². The van der Waals surface area contributed by atoms with Gasteiger partial charge in [0, 0.05) is 19.2 Å². The number of fused-ring (bicyclic) bond motifs is 1. The van der Waals surface area contributed by atoms with Gasteiger partial charge >= 0.3 is 5.97 Å². The van der Waals surface area contributed by atoms with Crippen molar-refractivity contribution < 1.29 is 14.8 Å². The van der Waals surface area contributed by atoms with Crippen molar-refractivity contribution in [3.05, 3.63) is 63.3 Å². The van der Waals surface area contributed by atoms with Gasteiger partial charge < -0.3 is 10.0 Å². The van der Waals surface area contributed by atoms with Gasteiger partial charge in [0.2, 0.25) is 0 Å². The van der Waals surface area contributed by atoms with Crippen LogP contribution in [0.2, 0.25) is 0 Å². The molecule has 0 bridgehead atoms. The van der Waals surface area contributed by atoms with E-state index in [0.717, 1.165) is 23.4 Å². The van der Waals surface area contributed by atoms with Crippen LogP contribution in [0.5, 0.6) is 0 Å². The van der Waals surface area contributed by atoms with Crippen molar-refractivity contribution in [2.45, 2.75) is 13.1 Å². The summed E-state index contributed by atoms with van der Waals surface area (Å²) in [5.41, 5.74) is 1.73. The van der Waals surface area contributed by atoms with Crippen LogP contribution in [0.3, 0.4) is 0 Å². The highest BCUT2D eigenvalue weighted by atomic mass is 16.6. The summed E-state index contributed by atoms with van der Waals surface area (Å²) in [6, 6.07) is 8.84. The Morgan fingerprint density at radius 1 is 1.29 bits per heavy atom. The van der Waals surface area contributed by atoms with Crippen LogP contribution in [0.4, 0.5) is 11.5 Å². The predicted octanol–water partition coefficient (Wildman–Crippen LogP) is 2.21. The zero-order valence-electron chi connectivity index (χ0n) is 10.9. The lowest BCUT2D eigenvalue weighted by Crippen LogP contribution is -2.19. The highest BCUT2D eigenvalue weighted by Gasteiger charge is 2.26. The van der Waals surface area contributed by atoms with Crippen LogP contribution in [0.15, 0.2) is 36.5 Å². The lowest BCUT2D eigenvalue weighted by molar-refractivity contribution is -0.385. The molecule has 2 heterocycles. The monoisotopic (exact) mass is 285 g/mol. The van der Waals surface area contributed by atoms with E-state index in [1.807, 2.05) is 24.3 Å². The summed E-state index contributed by atoms with van der Waals surface area (Å²) in [4.78, 5) is 27.2. The molecular formula is C14H11N3O4. The average Bonchev–Trinajstić information content (AvgIpc) is 2.90. The molecule has 0 fully saturated rings. The molecule has 0 spiro atoms. The quantitative estimate of drug-likeness (QED) is 0.686. The predicted molar refractivity (Wildman–Crippen MR) is 74.2 cm³/mol. The van der Waals surface area contributed by atoms with Gasteiger partial charge in [-0.25, -0.2) is 9.78 Å². The molecule has 1 aromatic carbocycles. The molecule has 21 heavy (non-hydrogen) atoms. The van der Waals surface area contributed by atoms with Crippen LogP contribution in [-0.2, 0) is 13.1 Å². The Balaban J connectivity index is 2.00. The van der Waals surface area contributed by atoms with E-state index in [9.17, 15) is 20.0 Å². The fourth-order valence-corrected chi connectivity index (χ4v) is 2.44. The second-order valence-electron chi connectivity index (χ2n) is 4.75. The van der Waals surface area contributed by atoms with Gasteiger partial charge in [-0.3, -0.25) is 10.1 Å². The summed E-state index contributed by atoms with van der Waals surface area (Å²) in [6.07, 6.45) is 1.09. The zero-order chi connectivity index (χ0) is 15.0. The first kappa shape index (κ1) is 13.0. The van der Waals surface area contributed by atoms with Crippen molar-refractivity contribution >= 4 is 17.5 Å². The van der Waals surface area contributed by atoms with Crippen LogP contribution in [0.25, 0.3) is 0 Å². The second-order valence-corrected chi connectivity index (χ2v) is 4.75. The van der Waals surface area contributed by atoms with E-state index in [-0.39, 0.29) is 17.1 Å². The van der Waals surface area contributed by atoms with Gasteiger partial charge in [0.25, 0.3) is 5.69 Å². The standard InChI is InChI=1S/C14H11N3O4/c18-14(19)12-5-11(17(20)21)6-15-13(12)16-7-9-3-1-2-4-10(9)8-16/h1-6H,7-8H2,(H,18,19). The highest BCUT2D eigenvalue weighted by molar-refractivity contribution is 5.94. The number of nitro groups is 1. The third-order valence-electron chi connectivity index (χ3n) is 3.43. The number of aromatic carboxylic acids is 1. The molecule has 7 nitrogen and oxygen atoms in total. The number of nitrogens with zero attached hydrogens (tertiary/aromatic N) is 3. The smallest absolute Gasteiger partial charge is 0.339 e. The Morgan fingerprint density at radius 3 is 2.43 bits per heavy atom. The third kappa shape index (κ3) is 2.29. The Morgan fingerprint density at radius 2 is 1.90 bits per heavy atom. The molecule has 2 aromatic rings. The minimum atomic E-state index is -1.22. The molecule has 0 saturated carbocycles. The molecule has 1 aliphatic rings. The summed E-state index contributed by atoms with van der Waals surface area (Å²) in [5, 5.41) is 20.0. The lowest BCUT2D eigenvalue weighted by atomic mass is 10.1. The topological polar surface area (TPSA) is 96.6 Å². The van der Waals surface area contributed by atoms with Crippen molar-refractivity contribution in [3.63, 3.8) is 0 Å². The van der Waals surface area contributed by atoms with Gasteiger partial charge in [-0.05, 0) is 11.1 Å². The number of aromatic nitrogens is 1. The van der Waals surface area contributed by atoms with Crippen molar-refractivity contribution in [1.29, 1.82) is 0 Å². The number of pyridine rings is 1. The Bertz CT molecular complexity index is 720. The molecule has 1 N–H and O–H groups in total. The second kappa shape index (κ2) is 4.86. The minimum Gasteiger partial charge on any atom is -0.478 e. The lowest BCUT2D eigenvalue weighted by Gasteiger charge is -2.18. The summed E-state index contributed by atoms with van der Waals surface area (Å²) < 4.78 is 0. The molecule has 0 radical (unpaired) electrons. The van der Waals surface area contributed by atoms with E-state index >= 15 is 0 Å². The minimum absolute atomic E-state index is 0.156. The zero-order valence-corrected chi connectivity index (χ0v) is 10.9. The van der Waals surface area contributed by atoms with Gasteiger partial charge in [0.15, 0.2) is 0 Å². The summed E-state index contributed by atoms with van der Waals surface area (Å²) in [6.45, 7) is 1.09. The van der Waals surface area contributed by atoms with E-state index in [1.54, 1.807) is 4.90 Å². The van der Waals surface area contributed by atoms with Gasteiger partial charge in [-0.15, -0.1) is 0 Å². The molecule has 0 aliphatic carbocycles. The van der Waals surface area contributed by atoms with Crippen LogP contribution < -0.4 is 4.90 Å². The maximum Gasteiger partial charge on any atom is 0.339 e. The molecule has 106 valence electrons. The fraction of sp³-hybridized carbons (Fsp3) is 0.143. The maximum absolute atomic E-state index is 11.3. The van der Waals surface area contributed by atoms with Gasteiger partial charge in [0.1, 0.15) is 17.6 Å². The van der Waals surface area contributed by atoms with E-state index in [1.165, 1.54) is 0 Å². The maximum atomic E-state index is 11.3. The van der Waals surface area contributed by atoms with E-state index in [0.29, 0.717) is 13.1 Å². The highest BCUT2D eigenvalue weighted by Crippen LogP contribution is 2.30. The Hall–Kier alpha value is -2.96. The van der Waals surface area contributed by atoms with Crippen LogP contribution in [0.1, 0.15) is 21.5 Å². The first-order chi connectivity index (χ1) is 10.1. The summed E-state index contributed by atoms with van der Waals surface area (Å²) in [7, 11) is 0. The number of carboxylic acids is 1. The van der Waals surface area contributed by atoms with Crippen molar-refractivity contribution in [2.24, 2.45) is 0 Å². The normalized spacial score (nSPS) is 13.0. The van der Waals surface area contributed by atoms with Crippen molar-refractivity contribution in [2.75, 3.05) is 4.90 Å². The van der Waals surface area contributed by atoms with Crippen LogP contribution >= 0.6 is 0 Å². The molecule has 1 aromatic heterocycles. The number of carbonyl (C=O) groups is 1. The number of benzene rings is 1. The van der Waals surface area contributed by atoms with Crippen molar-refractivity contribution in [1.82, 2.24) is 4.98 Å². The van der Waals surface area contributed by atoms with E-state index in [2.05, 4.69) is 4.98 Å². The van der Waals surface area contributed by atoms with Gasteiger partial charge in [0.05, 0.1) is 4.92 Å². The molecule has 0 amide bonds. The number of carboxylic acid groups (broad SMARTS) is 1. The summed E-state index contributed by atoms with van der Waals surface area (Å²) in [5.74, 6) is -0.971. The molecule has 0 atom stereocenters. The number of anilines is 1. The average molecular weight is 285 g/mol. The Kier molecular flexibility index (Phi) is 3.02. The first-order valence-corrected chi connectivity index (χ1v) is 6.25. The van der Waals surface area contributed by atoms with Crippen LogP contribution in [0, 0.1) is 10.1 Å². The summed E-state index contributed by atoms with van der Waals surface area (Å²) >= 11 is 0. The first-order valence-electron chi connectivity index (χ1n) is 6.25. The fourth-order valence-electron chi connectivity index (χ4n) is 2.44. The Labute approximate surface area is 119 Å². The largest absolute Gasteiger partial charge is 0.478 e. The third-order valence-corrected chi connectivity index (χ3v) is 3.43. The number of hydrogen-bond acceptors (Lipinski definition) is 5. The number of hydrogen-bond donors (Lipinski definition) is 1. The molecule has 0 unspecified atom stereocenters.